The summed E-state index contributed by atoms with van der Waals surface area (Å²) in [4.78, 5) is 27.4. The summed E-state index contributed by atoms with van der Waals surface area (Å²) in [6, 6.07) is 10.7. The van der Waals surface area contributed by atoms with Gasteiger partial charge in [-0.3, -0.25) is 19.8 Å². The van der Waals surface area contributed by atoms with Crippen molar-refractivity contribution < 1.29 is 9.72 Å². The van der Waals surface area contributed by atoms with Crippen LogP contribution in [0.25, 0.3) is 0 Å². The van der Waals surface area contributed by atoms with E-state index in [4.69, 9.17) is 5.73 Å². The Labute approximate surface area is 200 Å². The van der Waals surface area contributed by atoms with Gasteiger partial charge in [0.1, 0.15) is 11.5 Å². The fourth-order valence-electron chi connectivity index (χ4n) is 4.54. The number of carbonyl (C=O) groups excluding carboxylic acids is 1. The molecule has 33 heavy (non-hydrogen) atoms. The molecule has 0 bridgehead atoms. The SMILES string of the molecule is CCSc1sc(CC)cc1[C@@H]1C(C#N)=C(N)N(c2ccccc2[N+](=O)[O-])C2=C1C(=O)CCC2. The highest BCUT2D eigenvalue weighted by molar-refractivity contribution is 8.01. The first-order valence-electron chi connectivity index (χ1n) is 10.9. The molecule has 1 aliphatic carbocycles. The van der Waals surface area contributed by atoms with E-state index >= 15 is 0 Å². The van der Waals surface area contributed by atoms with Crippen LogP contribution in [-0.4, -0.2) is 16.5 Å². The van der Waals surface area contributed by atoms with E-state index in [9.17, 15) is 20.2 Å². The van der Waals surface area contributed by atoms with Gasteiger partial charge in [-0.2, -0.15) is 5.26 Å². The zero-order valence-electron chi connectivity index (χ0n) is 18.5. The van der Waals surface area contributed by atoms with Crippen LogP contribution in [0, 0.1) is 21.4 Å². The number of para-hydroxylation sites is 2. The van der Waals surface area contributed by atoms with Gasteiger partial charge in [0.05, 0.1) is 26.7 Å². The average molecular weight is 481 g/mol. The van der Waals surface area contributed by atoms with E-state index in [2.05, 4.69) is 26.0 Å². The van der Waals surface area contributed by atoms with Gasteiger partial charge in [-0.05, 0) is 42.7 Å². The number of nitro benzene ring substituents is 1. The van der Waals surface area contributed by atoms with Crippen LogP contribution in [0.3, 0.4) is 0 Å². The van der Waals surface area contributed by atoms with Crippen LogP contribution in [0.4, 0.5) is 11.4 Å². The highest BCUT2D eigenvalue weighted by Gasteiger charge is 2.42. The number of aryl methyl sites for hydroxylation is 1. The molecule has 2 N–H and O–H groups in total. The molecule has 2 heterocycles. The van der Waals surface area contributed by atoms with Crippen LogP contribution >= 0.6 is 23.1 Å². The maximum atomic E-state index is 13.3. The number of anilines is 1. The Balaban J connectivity index is 2.01. The first-order chi connectivity index (χ1) is 15.9. The second kappa shape index (κ2) is 9.41. The molecule has 4 rings (SSSR count). The molecule has 1 aromatic carbocycles. The van der Waals surface area contributed by atoms with E-state index < -0.39 is 10.8 Å². The second-order valence-electron chi connectivity index (χ2n) is 7.80. The van der Waals surface area contributed by atoms with Crippen molar-refractivity contribution in [2.75, 3.05) is 10.7 Å². The molecule has 0 unspecified atom stereocenters. The number of nitrogens with two attached hydrogens (primary N) is 1. The number of carbonyl (C=O) groups is 1. The number of rotatable bonds is 6. The average Bonchev–Trinajstić information content (AvgIpc) is 3.21. The van der Waals surface area contributed by atoms with Crippen LogP contribution in [0.1, 0.15) is 49.5 Å². The zero-order chi connectivity index (χ0) is 23.7. The minimum Gasteiger partial charge on any atom is -0.384 e. The molecule has 7 nitrogen and oxygen atoms in total. The molecule has 1 aliphatic heterocycles. The summed E-state index contributed by atoms with van der Waals surface area (Å²) in [6.45, 7) is 4.15. The van der Waals surface area contributed by atoms with Crippen molar-refractivity contribution in [1.82, 2.24) is 0 Å². The topological polar surface area (TPSA) is 113 Å². The lowest BCUT2D eigenvalue weighted by Gasteiger charge is -2.39. The number of thioether (sulfide) groups is 1. The first kappa shape index (κ1) is 23.1. The Kier molecular flexibility index (Phi) is 6.58. The number of Topliss-reactive ketones (excluding diaryl/α,β-unsaturated/α-hetero) is 1. The number of hydrogen-bond acceptors (Lipinski definition) is 8. The molecule has 2 aliphatic rings. The van der Waals surface area contributed by atoms with Crippen molar-refractivity contribution in [2.45, 2.75) is 49.7 Å². The molecule has 2 aromatic rings. The van der Waals surface area contributed by atoms with E-state index in [1.165, 1.54) is 10.9 Å². The molecule has 0 radical (unpaired) electrons. The molecule has 0 fully saturated rings. The number of benzene rings is 1. The Morgan fingerprint density at radius 2 is 2.09 bits per heavy atom. The summed E-state index contributed by atoms with van der Waals surface area (Å²) < 4.78 is 1.09. The minimum atomic E-state index is -0.553. The van der Waals surface area contributed by atoms with Gasteiger partial charge < -0.3 is 5.73 Å². The summed E-state index contributed by atoms with van der Waals surface area (Å²) in [5, 5.41) is 22.0. The van der Waals surface area contributed by atoms with E-state index in [0.29, 0.717) is 30.5 Å². The molecule has 0 amide bonds. The molecular formula is C24H24N4O3S2. The third-order valence-electron chi connectivity index (χ3n) is 5.94. The van der Waals surface area contributed by atoms with E-state index in [1.54, 1.807) is 46.2 Å². The Bertz CT molecular complexity index is 1240. The van der Waals surface area contributed by atoms with Gasteiger partial charge in [-0.15, -0.1) is 23.1 Å². The molecule has 1 atom stereocenters. The van der Waals surface area contributed by atoms with Gasteiger partial charge in [0, 0.05) is 28.6 Å². The van der Waals surface area contributed by atoms with Crippen LogP contribution in [0.2, 0.25) is 0 Å². The lowest BCUT2D eigenvalue weighted by atomic mass is 9.76. The van der Waals surface area contributed by atoms with E-state index in [1.807, 2.05) is 0 Å². The van der Waals surface area contributed by atoms with Gasteiger partial charge >= 0.3 is 0 Å². The van der Waals surface area contributed by atoms with Gasteiger partial charge in [-0.1, -0.05) is 26.0 Å². The number of nitrogens with zero attached hydrogens (tertiary/aromatic N) is 3. The monoisotopic (exact) mass is 480 g/mol. The Hall–Kier alpha value is -3.09. The van der Waals surface area contributed by atoms with Crippen LogP contribution in [0.5, 0.6) is 0 Å². The van der Waals surface area contributed by atoms with Crippen LogP contribution in [0.15, 0.2) is 57.2 Å². The number of ketones is 1. The molecular weight excluding hydrogens is 456 g/mol. The van der Waals surface area contributed by atoms with Gasteiger partial charge in [0.15, 0.2) is 5.78 Å². The Morgan fingerprint density at radius 3 is 2.76 bits per heavy atom. The van der Waals surface area contributed by atoms with Crippen molar-refractivity contribution in [3.8, 4) is 6.07 Å². The van der Waals surface area contributed by atoms with Crippen molar-refractivity contribution in [3.05, 3.63) is 73.6 Å². The summed E-state index contributed by atoms with van der Waals surface area (Å²) in [5.41, 5.74) is 9.16. The number of allylic oxidation sites excluding steroid dienone is 3. The van der Waals surface area contributed by atoms with Gasteiger partial charge in [0.2, 0.25) is 0 Å². The van der Waals surface area contributed by atoms with Gasteiger partial charge in [-0.25, -0.2) is 0 Å². The Morgan fingerprint density at radius 1 is 1.33 bits per heavy atom. The summed E-state index contributed by atoms with van der Waals surface area (Å²) in [6.07, 6.45) is 2.44. The fourth-order valence-corrected chi connectivity index (χ4v) is 6.92. The zero-order valence-corrected chi connectivity index (χ0v) is 20.1. The minimum absolute atomic E-state index is 0.0261. The quantitative estimate of drug-likeness (QED) is 0.323. The third-order valence-corrected chi connectivity index (χ3v) is 8.42. The molecule has 170 valence electrons. The maximum Gasteiger partial charge on any atom is 0.293 e. The molecule has 0 saturated carbocycles. The highest BCUT2D eigenvalue weighted by atomic mass is 32.2. The van der Waals surface area contributed by atoms with Crippen molar-refractivity contribution in [3.63, 3.8) is 0 Å². The second-order valence-corrected chi connectivity index (χ2v) is 10.5. The van der Waals surface area contributed by atoms with Crippen molar-refractivity contribution in [1.29, 1.82) is 5.26 Å². The normalized spacial score (nSPS) is 18.4. The van der Waals surface area contributed by atoms with Crippen molar-refractivity contribution >= 4 is 40.3 Å². The smallest absolute Gasteiger partial charge is 0.293 e. The number of thiophene rings is 1. The van der Waals surface area contributed by atoms with E-state index in [-0.39, 0.29) is 28.6 Å². The van der Waals surface area contributed by atoms with Crippen LogP contribution < -0.4 is 10.6 Å². The lowest BCUT2D eigenvalue weighted by molar-refractivity contribution is -0.384. The lowest BCUT2D eigenvalue weighted by Crippen LogP contribution is -2.39. The van der Waals surface area contributed by atoms with Crippen LogP contribution in [-0.2, 0) is 11.2 Å². The fraction of sp³-hybridized carbons (Fsp3) is 0.333. The standard InChI is InChI=1S/C24H24N4O3S2/c1-3-14-12-15(24(33-14)32-4-2)21-16(13-25)23(26)27(19-10-7-11-20(29)22(19)21)17-8-5-6-9-18(17)28(30)31/h5-6,8-9,12,21H,3-4,7,10-11,26H2,1-2H3/t21-/m1/s1. The molecule has 1 aromatic heterocycles. The third kappa shape index (κ3) is 3.94. The first-order valence-corrected chi connectivity index (χ1v) is 12.7. The number of nitro groups is 1. The molecule has 9 heteroatoms. The van der Waals surface area contributed by atoms with Crippen molar-refractivity contribution in [2.24, 2.45) is 5.73 Å². The summed E-state index contributed by atoms with van der Waals surface area (Å²) in [5.74, 6) is 0.443. The number of nitriles is 1. The maximum absolute atomic E-state index is 13.3. The summed E-state index contributed by atoms with van der Waals surface area (Å²) >= 11 is 3.39. The molecule has 0 spiro atoms. The predicted octanol–water partition coefficient (Wildman–Crippen LogP) is 5.64. The predicted molar refractivity (Wildman–Crippen MR) is 131 cm³/mol. The largest absolute Gasteiger partial charge is 0.384 e. The highest BCUT2D eigenvalue weighted by Crippen LogP contribution is 2.50. The number of hydrogen-bond donors (Lipinski definition) is 1. The van der Waals surface area contributed by atoms with E-state index in [0.717, 1.165) is 21.9 Å². The van der Waals surface area contributed by atoms with Gasteiger partial charge in [0.25, 0.3) is 5.69 Å². The molecule has 0 saturated heterocycles. The summed E-state index contributed by atoms with van der Waals surface area (Å²) in [7, 11) is 0.